The third kappa shape index (κ3) is 6.19. The Hall–Kier alpha value is -1.61. The standard InChI is InChI=1S/C15H17N3O2S3/c16-23(19,20)14-8-4-5-12(11-14)18-15(21)17-9-10-22-13-6-2-1-3-7-13/h1-8,11H,9-10H2,(H2,16,19,20)(H2,17,18,21). The van der Waals surface area contributed by atoms with Crippen molar-refractivity contribution in [3.05, 3.63) is 54.6 Å². The number of primary sulfonamides is 1. The van der Waals surface area contributed by atoms with Crippen LogP contribution in [-0.2, 0) is 10.0 Å². The van der Waals surface area contributed by atoms with E-state index in [1.165, 1.54) is 17.0 Å². The molecule has 5 nitrogen and oxygen atoms in total. The maximum absolute atomic E-state index is 11.3. The minimum atomic E-state index is -3.72. The van der Waals surface area contributed by atoms with Crippen molar-refractivity contribution in [3.8, 4) is 0 Å². The Morgan fingerprint density at radius 2 is 1.87 bits per heavy atom. The fraction of sp³-hybridized carbons (Fsp3) is 0.133. The van der Waals surface area contributed by atoms with Crippen molar-refractivity contribution in [3.63, 3.8) is 0 Å². The van der Waals surface area contributed by atoms with Crippen LogP contribution in [0.1, 0.15) is 0 Å². The van der Waals surface area contributed by atoms with E-state index in [9.17, 15) is 8.42 Å². The number of thioether (sulfide) groups is 1. The van der Waals surface area contributed by atoms with Gasteiger partial charge in [-0.1, -0.05) is 24.3 Å². The molecule has 2 rings (SSSR count). The highest BCUT2D eigenvalue weighted by molar-refractivity contribution is 7.99. The van der Waals surface area contributed by atoms with Crippen molar-refractivity contribution in [1.29, 1.82) is 0 Å². The first-order valence-corrected chi connectivity index (χ1v) is 9.75. The van der Waals surface area contributed by atoms with Crippen LogP contribution in [0.4, 0.5) is 5.69 Å². The van der Waals surface area contributed by atoms with Crippen LogP contribution in [0.2, 0.25) is 0 Å². The minimum Gasteiger partial charge on any atom is -0.362 e. The third-order valence-electron chi connectivity index (χ3n) is 2.82. The molecule has 0 aliphatic carbocycles. The molecule has 8 heteroatoms. The number of hydrogen-bond donors (Lipinski definition) is 3. The summed E-state index contributed by atoms with van der Waals surface area (Å²) in [5.74, 6) is 0.864. The molecule has 0 atom stereocenters. The predicted octanol–water partition coefficient (Wildman–Crippen LogP) is 2.41. The van der Waals surface area contributed by atoms with Crippen LogP contribution >= 0.6 is 24.0 Å². The molecule has 0 fully saturated rings. The Kier molecular flexibility index (Phi) is 6.40. The largest absolute Gasteiger partial charge is 0.362 e. The molecule has 2 aromatic carbocycles. The van der Waals surface area contributed by atoms with E-state index in [0.717, 1.165) is 5.75 Å². The quantitative estimate of drug-likeness (QED) is 0.413. The van der Waals surface area contributed by atoms with Crippen molar-refractivity contribution < 1.29 is 8.42 Å². The van der Waals surface area contributed by atoms with Gasteiger partial charge in [-0.25, -0.2) is 13.6 Å². The summed E-state index contributed by atoms with van der Waals surface area (Å²) >= 11 is 6.92. The highest BCUT2D eigenvalue weighted by atomic mass is 32.2. The second-order valence-electron chi connectivity index (χ2n) is 4.62. The molecular formula is C15H17N3O2S3. The van der Waals surface area contributed by atoms with Crippen LogP contribution in [0.5, 0.6) is 0 Å². The van der Waals surface area contributed by atoms with Gasteiger partial charge < -0.3 is 10.6 Å². The monoisotopic (exact) mass is 367 g/mol. The second kappa shape index (κ2) is 8.30. The molecule has 122 valence electrons. The lowest BCUT2D eigenvalue weighted by Crippen LogP contribution is -2.30. The van der Waals surface area contributed by atoms with E-state index in [0.29, 0.717) is 17.3 Å². The molecule has 0 spiro atoms. The lowest BCUT2D eigenvalue weighted by Gasteiger charge is -2.11. The molecular weight excluding hydrogens is 350 g/mol. The zero-order chi connectivity index (χ0) is 16.7. The number of nitrogens with two attached hydrogens (primary N) is 1. The van der Waals surface area contributed by atoms with Crippen molar-refractivity contribution in [1.82, 2.24) is 5.32 Å². The van der Waals surface area contributed by atoms with E-state index in [2.05, 4.69) is 22.8 Å². The van der Waals surface area contributed by atoms with Gasteiger partial charge in [-0.05, 0) is 42.5 Å². The molecule has 0 radical (unpaired) electrons. The minimum absolute atomic E-state index is 0.0462. The van der Waals surface area contributed by atoms with Crippen molar-refractivity contribution >= 4 is 44.8 Å². The number of sulfonamides is 1. The number of anilines is 1. The maximum atomic E-state index is 11.3. The average molecular weight is 368 g/mol. The van der Waals surface area contributed by atoms with E-state index in [1.807, 2.05) is 18.2 Å². The number of rotatable bonds is 6. The van der Waals surface area contributed by atoms with Gasteiger partial charge in [0, 0.05) is 22.9 Å². The Bertz CT molecular complexity index is 765. The summed E-state index contributed by atoms with van der Waals surface area (Å²) in [6, 6.07) is 16.3. The molecule has 4 N–H and O–H groups in total. The Morgan fingerprint density at radius 3 is 2.57 bits per heavy atom. The van der Waals surface area contributed by atoms with Gasteiger partial charge >= 0.3 is 0 Å². The van der Waals surface area contributed by atoms with Gasteiger partial charge in [0.05, 0.1) is 4.90 Å². The Labute approximate surface area is 145 Å². The molecule has 0 saturated heterocycles. The Morgan fingerprint density at radius 1 is 1.13 bits per heavy atom. The second-order valence-corrected chi connectivity index (χ2v) is 7.75. The van der Waals surface area contributed by atoms with Crippen molar-refractivity contribution in [2.24, 2.45) is 5.14 Å². The molecule has 0 aliphatic rings. The summed E-state index contributed by atoms with van der Waals surface area (Å²) < 4.78 is 22.6. The fourth-order valence-electron chi connectivity index (χ4n) is 1.78. The molecule has 0 amide bonds. The zero-order valence-corrected chi connectivity index (χ0v) is 14.7. The van der Waals surface area contributed by atoms with Crippen LogP contribution < -0.4 is 15.8 Å². The number of nitrogens with one attached hydrogen (secondary N) is 2. The smallest absolute Gasteiger partial charge is 0.238 e. The van der Waals surface area contributed by atoms with Crippen LogP contribution in [0.25, 0.3) is 0 Å². The van der Waals surface area contributed by atoms with Gasteiger partial charge in [-0.2, -0.15) is 0 Å². The summed E-state index contributed by atoms with van der Waals surface area (Å²) in [5.41, 5.74) is 0.574. The maximum Gasteiger partial charge on any atom is 0.238 e. The summed E-state index contributed by atoms with van der Waals surface area (Å²) in [7, 11) is -3.72. The molecule has 0 heterocycles. The first kappa shape index (κ1) is 17.7. The van der Waals surface area contributed by atoms with Gasteiger partial charge in [-0.3, -0.25) is 0 Å². The molecule has 23 heavy (non-hydrogen) atoms. The molecule has 0 aliphatic heterocycles. The summed E-state index contributed by atoms with van der Waals surface area (Å²) in [6.07, 6.45) is 0. The summed E-state index contributed by atoms with van der Waals surface area (Å²) in [4.78, 5) is 1.25. The molecule has 0 unspecified atom stereocenters. The van der Waals surface area contributed by atoms with E-state index >= 15 is 0 Å². The number of benzene rings is 2. The number of thiocarbonyl (C=S) groups is 1. The van der Waals surface area contributed by atoms with E-state index in [1.54, 1.807) is 23.9 Å². The van der Waals surface area contributed by atoms with Gasteiger partial charge in [0.2, 0.25) is 10.0 Å². The van der Waals surface area contributed by atoms with E-state index in [-0.39, 0.29) is 4.90 Å². The summed E-state index contributed by atoms with van der Waals surface area (Å²) in [6.45, 7) is 0.695. The van der Waals surface area contributed by atoms with Gasteiger partial charge in [-0.15, -0.1) is 11.8 Å². The average Bonchev–Trinajstić information content (AvgIpc) is 2.52. The number of hydrogen-bond acceptors (Lipinski definition) is 4. The summed E-state index contributed by atoms with van der Waals surface area (Å²) in [5, 5.41) is 11.6. The molecule has 2 aromatic rings. The first-order chi connectivity index (χ1) is 10.9. The van der Waals surface area contributed by atoms with Crippen LogP contribution in [0, 0.1) is 0 Å². The normalized spacial score (nSPS) is 11.0. The van der Waals surface area contributed by atoms with Gasteiger partial charge in [0.25, 0.3) is 0 Å². The van der Waals surface area contributed by atoms with Crippen LogP contribution in [0.15, 0.2) is 64.4 Å². The van der Waals surface area contributed by atoms with Gasteiger partial charge in [0.1, 0.15) is 0 Å². The molecule has 0 saturated carbocycles. The highest BCUT2D eigenvalue weighted by Gasteiger charge is 2.08. The third-order valence-corrected chi connectivity index (χ3v) is 4.99. The van der Waals surface area contributed by atoms with E-state index in [4.69, 9.17) is 17.4 Å². The van der Waals surface area contributed by atoms with Crippen molar-refractivity contribution in [2.75, 3.05) is 17.6 Å². The highest BCUT2D eigenvalue weighted by Crippen LogP contribution is 2.16. The molecule has 0 aromatic heterocycles. The first-order valence-electron chi connectivity index (χ1n) is 6.81. The van der Waals surface area contributed by atoms with Gasteiger partial charge in [0.15, 0.2) is 5.11 Å². The molecule has 0 bridgehead atoms. The lowest BCUT2D eigenvalue weighted by atomic mass is 10.3. The zero-order valence-electron chi connectivity index (χ0n) is 12.2. The fourth-order valence-corrected chi connectivity index (χ4v) is 3.35. The van der Waals surface area contributed by atoms with E-state index < -0.39 is 10.0 Å². The topological polar surface area (TPSA) is 84.2 Å². The Balaban J connectivity index is 1.79. The van der Waals surface area contributed by atoms with Crippen LogP contribution in [0.3, 0.4) is 0 Å². The lowest BCUT2D eigenvalue weighted by molar-refractivity contribution is 0.598. The predicted molar refractivity (Wildman–Crippen MR) is 99.2 cm³/mol. The van der Waals surface area contributed by atoms with Crippen molar-refractivity contribution in [2.45, 2.75) is 9.79 Å². The SMILES string of the molecule is NS(=O)(=O)c1cccc(NC(=S)NCCSc2ccccc2)c1. The van der Waals surface area contributed by atoms with Crippen LogP contribution in [-0.4, -0.2) is 25.8 Å².